The number of carbonyl (C=O) groups is 1. The lowest BCUT2D eigenvalue weighted by atomic mass is 10.1. The van der Waals surface area contributed by atoms with E-state index in [4.69, 9.17) is 4.74 Å². The summed E-state index contributed by atoms with van der Waals surface area (Å²) in [7, 11) is 0. The molecule has 0 aliphatic carbocycles. The molecular formula is C22H19N3O3S. The molecule has 0 saturated heterocycles. The van der Waals surface area contributed by atoms with E-state index < -0.39 is 0 Å². The second-order valence-corrected chi connectivity index (χ2v) is 7.26. The highest BCUT2D eigenvalue weighted by Crippen LogP contribution is 2.30. The molecule has 0 spiro atoms. The Labute approximate surface area is 171 Å². The summed E-state index contributed by atoms with van der Waals surface area (Å²) in [6.45, 7) is 2.39. The average molecular weight is 405 g/mol. The van der Waals surface area contributed by atoms with Crippen LogP contribution in [0.5, 0.6) is 5.75 Å². The molecule has 0 bridgehead atoms. The molecule has 0 aliphatic rings. The average Bonchev–Trinajstić information content (AvgIpc) is 3.17. The number of amides is 1. The lowest BCUT2D eigenvalue weighted by Crippen LogP contribution is -2.27. The molecule has 6 nitrogen and oxygen atoms in total. The highest BCUT2D eigenvalue weighted by molar-refractivity contribution is 7.17. The zero-order valence-corrected chi connectivity index (χ0v) is 16.6. The first-order valence-corrected chi connectivity index (χ1v) is 10.1. The number of nitrogens with one attached hydrogen (secondary N) is 1. The van der Waals surface area contributed by atoms with Crippen molar-refractivity contribution in [2.75, 3.05) is 11.9 Å². The van der Waals surface area contributed by atoms with Gasteiger partial charge in [-0.2, -0.15) is 0 Å². The maximum absolute atomic E-state index is 12.8. The van der Waals surface area contributed by atoms with E-state index in [1.54, 1.807) is 24.3 Å². The van der Waals surface area contributed by atoms with Crippen LogP contribution in [0.1, 0.15) is 6.92 Å². The van der Waals surface area contributed by atoms with E-state index in [0.717, 1.165) is 16.9 Å². The molecule has 0 fully saturated rings. The van der Waals surface area contributed by atoms with Gasteiger partial charge in [0.1, 0.15) is 17.0 Å². The summed E-state index contributed by atoms with van der Waals surface area (Å²) in [6.07, 6.45) is 1.43. The maximum atomic E-state index is 12.8. The van der Waals surface area contributed by atoms with Gasteiger partial charge < -0.3 is 10.1 Å². The Morgan fingerprint density at radius 3 is 2.62 bits per heavy atom. The van der Waals surface area contributed by atoms with Crippen molar-refractivity contribution in [1.29, 1.82) is 0 Å². The van der Waals surface area contributed by atoms with Crippen molar-refractivity contribution in [2.24, 2.45) is 0 Å². The van der Waals surface area contributed by atoms with Crippen molar-refractivity contribution in [3.63, 3.8) is 0 Å². The van der Waals surface area contributed by atoms with Crippen LogP contribution < -0.4 is 15.6 Å². The van der Waals surface area contributed by atoms with Crippen molar-refractivity contribution >= 4 is 33.1 Å². The standard InChI is InChI=1S/C22H19N3O3S/c1-2-28-17-10-8-16(9-11-17)24-19(26)12-25-14-23-20-18(13-29-21(20)22(25)27)15-6-4-3-5-7-15/h3-11,13-14H,2,12H2,1H3,(H,24,26). The Kier molecular flexibility index (Phi) is 5.39. The fourth-order valence-corrected chi connectivity index (χ4v) is 4.01. The number of carbonyl (C=O) groups excluding carboxylic acids is 1. The molecule has 4 rings (SSSR count). The minimum absolute atomic E-state index is 0.104. The van der Waals surface area contributed by atoms with Crippen molar-refractivity contribution in [2.45, 2.75) is 13.5 Å². The van der Waals surface area contributed by atoms with Gasteiger partial charge in [0, 0.05) is 16.6 Å². The van der Waals surface area contributed by atoms with E-state index in [2.05, 4.69) is 10.3 Å². The number of rotatable bonds is 6. The number of fused-ring (bicyclic) bond motifs is 1. The minimum atomic E-state index is -0.294. The van der Waals surface area contributed by atoms with E-state index in [1.165, 1.54) is 22.2 Å². The second kappa shape index (κ2) is 8.28. The first kappa shape index (κ1) is 18.9. The van der Waals surface area contributed by atoms with E-state index >= 15 is 0 Å². The Balaban J connectivity index is 1.53. The minimum Gasteiger partial charge on any atom is -0.494 e. The molecule has 1 amide bonds. The molecule has 2 aromatic carbocycles. The number of hydrogen-bond donors (Lipinski definition) is 1. The van der Waals surface area contributed by atoms with Crippen molar-refractivity contribution < 1.29 is 9.53 Å². The van der Waals surface area contributed by atoms with Gasteiger partial charge >= 0.3 is 0 Å². The molecule has 29 heavy (non-hydrogen) atoms. The normalized spacial score (nSPS) is 10.8. The molecule has 146 valence electrons. The van der Waals surface area contributed by atoms with Crippen LogP contribution >= 0.6 is 11.3 Å². The van der Waals surface area contributed by atoms with E-state index in [9.17, 15) is 9.59 Å². The summed E-state index contributed by atoms with van der Waals surface area (Å²) in [5.74, 6) is 0.445. The van der Waals surface area contributed by atoms with Crippen LogP contribution in [0.4, 0.5) is 5.69 Å². The molecule has 2 aromatic heterocycles. The molecular weight excluding hydrogens is 386 g/mol. The van der Waals surface area contributed by atoms with Gasteiger partial charge in [-0.1, -0.05) is 30.3 Å². The van der Waals surface area contributed by atoms with Gasteiger partial charge in [-0.05, 0) is 36.8 Å². The number of hydrogen-bond acceptors (Lipinski definition) is 5. The number of anilines is 1. The Bertz CT molecular complexity index is 1200. The highest BCUT2D eigenvalue weighted by Gasteiger charge is 2.14. The van der Waals surface area contributed by atoms with Crippen molar-refractivity contribution in [3.8, 4) is 16.9 Å². The van der Waals surface area contributed by atoms with Gasteiger partial charge in [0.25, 0.3) is 5.56 Å². The molecule has 4 aromatic rings. The number of aromatic nitrogens is 2. The predicted octanol–water partition coefficient (Wildman–Crippen LogP) is 4.16. The Hall–Kier alpha value is -3.45. The van der Waals surface area contributed by atoms with E-state index in [-0.39, 0.29) is 18.0 Å². The van der Waals surface area contributed by atoms with Crippen molar-refractivity contribution in [1.82, 2.24) is 9.55 Å². The maximum Gasteiger partial charge on any atom is 0.271 e. The van der Waals surface area contributed by atoms with Crippen molar-refractivity contribution in [3.05, 3.63) is 76.7 Å². The first-order valence-electron chi connectivity index (χ1n) is 9.20. The zero-order valence-electron chi connectivity index (χ0n) is 15.8. The molecule has 0 unspecified atom stereocenters. The third kappa shape index (κ3) is 4.05. The molecule has 0 saturated carbocycles. The molecule has 0 radical (unpaired) electrons. The smallest absolute Gasteiger partial charge is 0.271 e. The summed E-state index contributed by atoms with van der Waals surface area (Å²) in [6, 6.07) is 16.9. The number of benzene rings is 2. The van der Waals surface area contributed by atoms with Gasteiger partial charge in [0.15, 0.2) is 0 Å². The highest BCUT2D eigenvalue weighted by atomic mass is 32.1. The van der Waals surface area contributed by atoms with Crippen LogP contribution in [0.2, 0.25) is 0 Å². The zero-order chi connectivity index (χ0) is 20.2. The topological polar surface area (TPSA) is 73.2 Å². The van der Waals surface area contributed by atoms with Crippen LogP contribution in [0.3, 0.4) is 0 Å². The monoisotopic (exact) mass is 405 g/mol. The van der Waals surface area contributed by atoms with Gasteiger partial charge in [0.05, 0.1) is 18.5 Å². The van der Waals surface area contributed by atoms with E-state index in [1.807, 2.05) is 42.6 Å². The molecule has 0 aliphatic heterocycles. The summed E-state index contributed by atoms with van der Waals surface area (Å²) >= 11 is 1.35. The van der Waals surface area contributed by atoms with Crippen LogP contribution in [0, 0.1) is 0 Å². The van der Waals surface area contributed by atoms with Crippen LogP contribution in [-0.4, -0.2) is 22.1 Å². The van der Waals surface area contributed by atoms with E-state index in [0.29, 0.717) is 22.5 Å². The Morgan fingerprint density at radius 2 is 1.90 bits per heavy atom. The van der Waals surface area contributed by atoms with Crippen LogP contribution in [-0.2, 0) is 11.3 Å². The SMILES string of the molecule is CCOc1ccc(NC(=O)Cn2cnc3c(-c4ccccc4)csc3c2=O)cc1. The quantitative estimate of drug-likeness (QED) is 0.523. The first-order chi connectivity index (χ1) is 14.2. The van der Waals surface area contributed by atoms with Gasteiger partial charge in [-0.3, -0.25) is 14.2 Å². The van der Waals surface area contributed by atoms with Gasteiger partial charge in [-0.25, -0.2) is 4.98 Å². The number of nitrogens with zero attached hydrogens (tertiary/aromatic N) is 2. The number of thiophene rings is 1. The summed E-state index contributed by atoms with van der Waals surface area (Å²) in [5, 5.41) is 4.72. The third-order valence-electron chi connectivity index (χ3n) is 4.39. The molecule has 0 atom stereocenters. The fourth-order valence-electron chi connectivity index (χ4n) is 3.03. The van der Waals surface area contributed by atoms with Crippen LogP contribution in [0.25, 0.3) is 21.3 Å². The molecule has 1 N–H and O–H groups in total. The van der Waals surface area contributed by atoms with Gasteiger partial charge in [0.2, 0.25) is 5.91 Å². The largest absolute Gasteiger partial charge is 0.494 e. The molecule has 2 heterocycles. The second-order valence-electron chi connectivity index (χ2n) is 6.38. The summed E-state index contributed by atoms with van der Waals surface area (Å²) in [4.78, 5) is 29.6. The lowest BCUT2D eigenvalue weighted by Gasteiger charge is -2.08. The predicted molar refractivity (Wildman–Crippen MR) is 116 cm³/mol. The molecule has 7 heteroatoms. The van der Waals surface area contributed by atoms with Gasteiger partial charge in [-0.15, -0.1) is 11.3 Å². The summed E-state index contributed by atoms with van der Waals surface area (Å²) < 4.78 is 7.26. The number of ether oxygens (including phenoxy) is 1. The fraction of sp³-hybridized carbons (Fsp3) is 0.136. The lowest BCUT2D eigenvalue weighted by molar-refractivity contribution is -0.116. The Morgan fingerprint density at radius 1 is 1.14 bits per heavy atom. The van der Waals surface area contributed by atoms with Crippen LogP contribution in [0.15, 0.2) is 71.1 Å². The summed E-state index contributed by atoms with van der Waals surface area (Å²) in [5.41, 5.74) is 3.02. The third-order valence-corrected chi connectivity index (χ3v) is 5.35.